The quantitative estimate of drug-likeness (QED) is 0.372. The van der Waals surface area contributed by atoms with Crippen molar-refractivity contribution in [2.45, 2.75) is 25.7 Å². The first-order valence-electron chi connectivity index (χ1n) is 9.25. The van der Waals surface area contributed by atoms with Crippen LogP contribution in [0.3, 0.4) is 0 Å². The van der Waals surface area contributed by atoms with Gasteiger partial charge in [-0.2, -0.15) is 0 Å². The Morgan fingerprint density at radius 2 is 1.50 bits per heavy atom. The predicted molar refractivity (Wildman–Crippen MR) is 119 cm³/mol. The van der Waals surface area contributed by atoms with Crippen LogP contribution in [-0.2, 0) is 6.42 Å². The van der Waals surface area contributed by atoms with Gasteiger partial charge in [-0.3, -0.25) is 0 Å². The molecule has 2 aromatic carbocycles. The number of hydrogen-bond acceptors (Lipinski definition) is 0. The van der Waals surface area contributed by atoms with Crippen LogP contribution < -0.4 is 0 Å². The molecule has 5 rings (SSSR count). The Balaban J connectivity index is 1.71. The van der Waals surface area contributed by atoms with Gasteiger partial charge in [0, 0.05) is 22.3 Å². The molecule has 0 N–H and O–H groups in total. The van der Waals surface area contributed by atoms with E-state index in [9.17, 15) is 0 Å². The number of benzene rings is 2. The normalized spacial score (nSPS) is 16.7. The van der Waals surface area contributed by atoms with Crippen molar-refractivity contribution in [3.8, 4) is 5.69 Å². The van der Waals surface area contributed by atoms with Gasteiger partial charge < -0.3 is 4.57 Å². The first kappa shape index (κ1) is 16.1. The molecule has 0 unspecified atom stereocenters. The first-order chi connectivity index (χ1) is 12.8. The molecule has 128 valence electrons. The molecule has 3 aromatic rings. The number of nitrogens with zero attached hydrogens (tertiary/aromatic N) is 1. The molecule has 0 bridgehead atoms. The molecule has 0 spiro atoms. The highest BCUT2D eigenvalue weighted by Crippen LogP contribution is 2.39. The summed E-state index contributed by atoms with van der Waals surface area (Å²) in [6.45, 7) is 0. The minimum Gasteiger partial charge on any atom is -0.313 e. The van der Waals surface area contributed by atoms with Crippen molar-refractivity contribution in [1.29, 1.82) is 0 Å². The molecule has 2 aliphatic carbocycles. The Morgan fingerprint density at radius 1 is 0.731 bits per heavy atom. The Labute approximate surface area is 167 Å². The first-order valence-corrected chi connectivity index (χ1v) is 10.3. The average Bonchev–Trinajstić information content (AvgIpc) is 3.03. The molecule has 0 saturated carbocycles. The van der Waals surface area contributed by atoms with E-state index in [2.05, 4.69) is 100.0 Å². The predicted octanol–water partition coefficient (Wildman–Crippen LogP) is 7.00. The maximum Gasteiger partial charge on any atom is 0.0537 e. The summed E-state index contributed by atoms with van der Waals surface area (Å²) in [4.78, 5) is 0. The van der Waals surface area contributed by atoms with E-state index < -0.39 is 0 Å². The van der Waals surface area contributed by atoms with Crippen LogP contribution in [0.2, 0.25) is 0 Å². The Kier molecular flexibility index (Phi) is 4.08. The molecule has 26 heavy (non-hydrogen) atoms. The van der Waals surface area contributed by atoms with Crippen LogP contribution in [0.4, 0.5) is 0 Å². The van der Waals surface area contributed by atoms with Crippen molar-refractivity contribution in [1.82, 2.24) is 4.57 Å². The summed E-state index contributed by atoms with van der Waals surface area (Å²) in [5, 5.41) is 1.37. The zero-order valence-corrected chi connectivity index (χ0v) is 16.7. The lowest BCUT2D eigenvalue weighted by atomic mass is 9.87. The molecule has 0 atom stereocenters. The SMILES string of the molecule is IC1=CC=C(C2=Cc3c(n(-c4ccccc4)c4ccccc34)CC2)CC1. The molecular weight excluding hydrogens is 429 g/mol. The van der Waals surface area contributed by atoms with Crippen LogP contribution >= 0.6 is 22.6 Å². The lowest BCUT2D eigenvalue weighted by Gasteiger charge is -2.20. The van der Waals surface area contributed by atoms with Gasteiger partial charge in [-0.05, 0) is 87.3 Å². The summed E-state index contributed by atoms with van der Waals surface area (Å²) in [6.07, 6.45) is 11.7. The highest BCUT2D eigenvalue weighted by Gasteiger charge is 2.22. The summed E-state index contributed by atoms with van der Waals surface area (Å²) in [5.41, 5.74) is 8.48. The topological polar surface area (TPSA) is 4.93 Å². The number of para-hydroxylation sites is 2. The highest BCUT2D eigenvalue weighted by molar-refractivity contribution is 14.1. The van der Waals surface area contributed by atoms with Crippen LogP contribution in [0.25, 0.3) is 22.7 Å². The fourth-order valence-corrected chi connectivity index (χ4v) is 4.68. The fourth-order valence-electron chi connectivity index (χ4n) is 4.23. The van der Waals surface area contributed by atoms with E-state index in [0.717, 1.165) is 12.8 Å². The number of hydrogen-bond donors (Lipinski definition) is 0. The van der Waals surface area contributed by atoms with E-state index in [-0.39, 0.29) is 0 Å². The molecule has 1 heterocycles. The molecule has 0 saturated heterocycles. The second-order valence-corrected chi connectivity index (χ2v) is 8.41. The summed E-state index contributed by atoms with van der Waals surface area (Å²) in [7, 11) is 0. The van der Waals surface area contributed by atoms with Crippen LogP contribution in [-0.4, -0.2) is 4.57 Å². The van der Waals surface area contributed by atoms with E-state index in [1.54, 1.807) is 0 Å². The molecule has 0 aliphatic heterocycles. The van der Waals surface area contributed by atoms with Crippen molar-refractivity contribution < 1.29 is 0 Å². The van der Waals surface area contributed by atoms with E-state index in [0.29, 0.717) is 0 Å². The molecule has 0 radical (unpaired) electrons. The molecule has 2 aliphatic rings. The van der Waals surface area contributed by atoms with E-state index in [4.69, 9.17) is 0 Å². The van der Waals surface area contributed by atoms with Gasteiger partial charge in [0.2, 0.25) is 0 Å². The number of fused-ring (bicyclic) bond motifs is 3. The van der Waals surface area contributed by atoms with Gasteiger partial charge in [0.05, 0.1) is 5.52 Å². The molecule has 2 heteroatoms. The maximum atomic E-state index is 2.46. The average molecular weight is 449 g/mol. The van der Waals surface area contributed by atoms with Crippen molar-refractivity contribution in [3.05, 3.63) is 92.7 Å². The monoisotopic (exact) mass is 449 g/mol. The Morgan fingerprint density at radius 3 is 2.31 bits per heavy atom. The standard InChI is InChI=1S/C24H20IN/c25-19-13-10-17(11-14-19)18-12-15-24-22(16-18)21-8-4-5-9-23(21)26(24)20-6-2-1-3-7-20/h1-10,13,16H,11-12,14-15H2. The minimum atomic E-state index is 1.10. The van der Waals surface area contributed by atoms with Gasteiger partial charge in [0.25, 0.3) is 0 Å². The third-order valence-corrected chi connectivity index (χ3v) is 6.39. The second kappa shape index (κ2) is 6.58. The van der Waals surface area contributed by atoms with E-state index >= 15 is 0 Å². The van der Waals surface area contributed by atoms with Gasteiger partial charge in [0.15, 0.2) is 0 Å². The van der Waals surface area contributed by atoms with Crippen molar-refractivity contribution in [2.24, 2.45) is 0 Å². The number of allylic oxidation sites excluding steroid dienone is 5. The summed E-state index contributed by atoms with van der Waals surface area (Å²) in [6, 6.07) is 19.6. The lowest BCUT2D eigenvalue weighted by Crippen LogP contribution is -2.07. The van der Waals surface area contributed by atoms with E-state index in [1.165, 1.54) is 55.4 Å². The van der Waals surface area contributed by atoms with Gasteiger partial charge in [-0.25, -0.2) is 0 Å². The van der Waals surface area contributed by atoms with Gasteiger partial charge in [-0.15, -0.1) is 0 Å². The third kappa shape index (κ3) is 2.67. The summed E-state index contributed by atoms with van der Waals surface area (Å²) in [5.74, 6) is 0. The van der Waals surface area contributed by atoms with Gasteiger partial charge in [-0.1, -0.05) is 48.6 Å². The smallest absolute Gasteiger partial charge is 0.0537 e. The van der Waals surface area contributed by atoms with Crippen molar-refractivity contribution in [3.63, 3.8) is 0 Å². The van der Waals surface area contributed by atoms with Gasteiger partial charge >= 0.3 is 0 Å². The second-order valence-electron chi connectivity index (χ2n) is 7.02. The molecule has 1 aromatic heterocycles. The molecule has 0 fully saturated rings. The van der Waals surface area contributed by atoms with Crippen molar-refractivity contribution in [2.75, 3.05) is 0 Å². The van der Waals surface area contributed by atoms with Crippen LogP contribution in [0, 0.1) is 0 Å². The van der Waals surface area contributed by atoms with Gasteiger partial charge in [0.1, 0.15) is 0 Å². The number of halogens is 1. The Hall–Kier alpha value is -2.07. The summed E-state index contributed by atoms with van der Waals surface area (Å²) < 4.78 is 3.92. The zero-order chi connectivity index (χ0) is 17.5. The highest BCUT2D eigenvalue weighted by atomic mass is 127. The lowest BCUT2D eigenvalue weighted by molar-refractivity contribution is 0.839. The van der Waals surface area contributed by atoms with Crippen LogP contribution in [0.5, 0.6) is 0 Å². The third-order valence-electron chi connectivity index (χ3n) is 5.49. The van der Waals surface area contributed by atoms with E-state index in [1.807, 2.05) is 0 Å². The van der Waals surface area contributed by atoms with Crippen LogP contribution in [0.15, 0.2) is 81.5 Å². The minimum absolute atomic E-state index is 1.10. The van der Waals surface area contributed by atoms with Crippen LogP contribution in [0.1, 0.15) is 30.5 Å². The molecular formula is C24H20IN. The number of rotatable bonds is 2. The molecule has 0 amide bonds. The zero-order valence-electron chi connectivity index (χ0n) is 14.6. The summed E-state index contributed by atoms with van der Waals surface area (Å²) >= 11 is 2.45. The number of aromatic nitrogens is 1. The maximum absolute atomic E-state index is 2.46. The van der Waals surface area contributed by atoms with Crippen molar-refractivity contribution >= 4 is 39.6 Å². The molecule has 1 nitrogen and oxygen atoms in total. The fraction of sp³-hybridized carbons (Fsp3) is 0.167. The Bertz CT molecular complexity index is 1080. The largest absolute Gasteiger partial charge is 0.313 e.